The molecule has 2 aliphatic carbocycles. The first-order chi connectivity index (χ1) is 13.6. The van der Waals surface area contributed by atoms with Gasteiger partial charge in [0.1, 0.15) is 0 Å². The van der Waals surface area contributed by atoms with Gasteiger partial charge in [-0.05, 0) is 87.4 Å². The van der Waals surface area contributed by atoms with Crippen molar-refractivity contribution < 1.29 is 14.4 Å². The number of hydrogen-bond donors (Lipinski definition) is 0. The summed E-state index contributed by atoms with van der Waals surface area (Å²) in [6.45, 7) is 3.00. The maximum absolute atomic E-state index is 10.9. The molecule has 0 aliphatic heterocycles. The Morgan fingerprint density at radius 1 is 1.04 bits per heavy atom. The lowest BCUT2D eigenvalue weighted by molar-refractivity contribution is 0.112. The lowest BCUT2D eigenvalue weighted by atomic mass is 9.65. The minimum absolute atomic E-state index is 0.0208. The Hall–Kier alpha value is -1.86. The number of carbonyl (C=O) groups excluding carboxylic acids is 3. The average Bonchev–Trinajstić information content (AvgIpc) is 3.28. The van der Waals surface area contributed by atoms with Gasteiger partial charge in [-0.2, -0.15) is 0 Å². The molecule has 0 amide bonds. The number of fused-ring (bicyclic) bond motifs is 2. The molecule has 6 nitrogen and oxygen atoms in total. The molecule has 154 valence electrons. The highest BCUT2D eigenvalue weighted by molar-refractivity contribution is 5.34. The molecule has 28 heavy (non-hydrogen) atoms. The number of aliphatic imine (C=N–C) groups is 3. The van der Waals surface area contributed by atoms with Crippen molar-refractivity contribution in [3.8, 4) is 0 Å². The summed E-state index contributed by atoms with van der Waals surface area (Å²) >= 11 is 0. The first kappa shape index (κ1) is 22.4. The Kier molecular flexibility index (Phi) is 8.99. The van der Waals surface area contributed by atoms with E-state index in [0.29, 0.717) is 18.5 Å². The number of rotatable bonds is 14. The van der Waals surface area contributed by atoms with Crippen LogP contribution in [0.25, 0.3) is 0 Å². The first-order valence-electron chi connectivity index (χ1n) is 10.8. The standard InChI is InChI=1S/C22H33N3O3/c1-2-4-20(25-18-28)7-11-22(15-24-17-27,8-3-12-23-16-26)14-21-9-5-19(13-21)6-10-21/h19-20H,2-15H2,1H3. The van der Waals surface area contributed by atoms with E-state index in [9.17, 15) is 14.4 Å². The van der Waals surface area contributed by atoms with E-state index in [-0.39, 0.29) is 11.5 Å². The van der Waals surface area contributed by atoms with Crippen molar-refractivity contribution in [1.82, 2.24) is 0 Å². The minimum Gasteiger partial charge on any atom is -0.211 e. The van der Waals surface area contributed by atoms with Gasteiger partial charge in [0.2, 0.25) is 18.2 Å². The van der Waals surface area contributed by atoms with E-state index in [4.69, 9.17) is 0 Å². The molecule has 0 aromatic heterocycles. The highest BCUT2D eigenvalue weighted by atomic mass is 16.1. The van der Waals surface area contributed by atoms with Gasteiger partial charge in [0.25, 0.3) is 0 Å². The zero-order chi connectivity index (χ0) is 20.3. The van der Waals surface area contributed by atoms with Crippen LogP contribution in [0.2, 0.25) is 0 Å². The summed E-state index contributed by atoms with van der Waals surface area (Å²) in [5.41, 5.74) is 0.241. The van der Waals surface area contributed by atoms with E-state index < -0.39 is 0 Å². The highest BCUT2D eigenvalue weighted by Gasteiger charge is 2.49. The molecule has 0 spiro atoms. The summed E-state index contributed by atoms with van der Waals surface area (Å²) in [5, 5.41) is 0. The van der Waals surface area contributed by atoms with Gasteiger partial charge >= 0.3 is 0 Å². The third-order valence-electron chi connectivity index (χ3n) is 7.02. The van der Waals surface area contributed by atoms with Gasteiger partial charge in [-0.15, -0.1) is 0 Å². The number of isocyanates is 3. The van der Waals surface area contributed by atoms with Gasteiger partial charge in [0, 0.05) is 0 Å². The van der Waals surface area contributed by atoms with Crippen LogP contribution in [-0.2, 0) is 14.4 Å². The second-order valence-electron chi connectivity index (χ2n) is 9.01. The molecule has 2 rings (SSSR count). The maximum atomic E-state index is 10.9. The molecule has 0 N–H and O–H groups in total. The SMILES string of the molecule is CCCC(CCC(CCCN=C=O)(CN=C=O)CC12CCC(CC1)C2)N=C=O. The zero-order valence-electron chi connectivity index (χ0n) is 17.1. The van der Waals surface area contributed by atoms with Crippen LogP contribution >= 0.6 is 0 Å². The fraction of sp³-hybridized carbons (Fsp3) is 0.864. The van der Waals surface area contributed by atoms with Crippen molar-refractivity contribution in [2.45, 2.75) is 90.0 Å². The molecule has 0 aromatic rings. The molecule has 2 aliphatic rings. The third kappa shape index (κ3) is 6.34. The van der Waals surface area contributed by atoms with Crippen LogP contribution in [0.5, 0.6) is 0 Å². The van der Waals surface area contributed by atoms with E-state index in [1.54, 1.807) is 18.2 Å². The molecule has 2 atom stereocenters. The monoisotopic (exact) mass is 387 g/mol. The second-order valence-corrected chi connectivity index (χ2v) is 9.01. The van der Waals surface area contributed by atoms with Crippen molar-refractivity contribution in [2.24, 2.45) is 31.7 Å². The molecule has 2 bridgehead atoms. The van der Waals surface area contributed by atoms with Gasteiger partial charge in [-0.25, -0.2) is 29.4 Å². The van der Waals surface area contributed by atoms with Gasteiger partial charge in [-0.1, -0.05) is 13.3 Å². The topological polar surface area (TPSA) is 88.3 Å². The van der Waals surface area contributed by atoms with Crippen LogP contribution in [0.4, 0.5) is 0 Å². The summed E-state index contributed by atoms with van der Waals surface area (Å²) in [7, 11) is 0. The molecule has 0 radical (unpaired) electrons. The van der Waals surface area contributed by atoms with Gasteiger partial charge in [0.15, 0.2) is 0 Å². The van der Waals surface area contributed by atoms with E-state index in [0.717, 1.165) is 50.9 Å². The summed E-state index contributed by atoms with van der Waals surface area (Å²) < 4.78 is 0. The third-order valence-corrected chi connectivity index (χ3v) is 7.02. The van der Waals surface area contributed by atoms with Crippen molar-refractivity contribution in [3.05, 3.63) is 0 Å². The van der Waals surface area contributed by atoms with Gasteiger partial charge < -0.3 is 0 Å². The zero-order valence-corrected chi connectivity index (χ0v) is 17.1. The molecule has 0 saturated heterocycles. The Morgan fingerprint density at radius 2 is 1.79 bits per heavy atom. The normalized spacial score (nSPS) is 25.8. The lowest BCUT2D eigenvalue weighted by Gasteiger charge is -2.41. The predicted molar refractivity (Wildman–Crippen MR) is 107 cm³/mol. The van der Waals surface area contributed by atoms with Crippen molar-refractivity contribution >= 4 is 18.2 Å². The van der Waals surface area contributed by atoms with Crippen LogP contribution in [-0.4, -0.2) is 37.4 Å². The summed E-state index contributed by atoms with van der Waals surface area (Å²) in [5.74, 6) is 0.861. The smallest absolute Gasteiger partial charge is 0.211 e. The average molecular weight is 388 g/mol. The number of hydrogen-bond acceptors (Lipinski definition) is 6. The molecule has 0 aromatic carbocycles. The highest BCUT2D eigenvalue weighted by Crippen LogP contribution is 2.60. The summed E-state index contributed by atoms with van der Waals surface area (Å²) in [6, 6.07) is -0.0208. The Balaban J connectivity index is 2.18. The Bertz CT molecular complexity index is 637. The molecule has 2 fully saturated rings. The molecule has 2 saturated carbocycles. The van der Waals surface area contributed by atoms with E-state index >= 15 is 0 Å². The van der Waals surface area contributed by atoms with Crippen LogP contribution in [0.15, 0.2) is 15.0 Å². The molecule has 0 heterocycles. The summed E-state index contributed by atoms with van der Waals surface area (Å²) in [4.78, 5) is 43.9. The fourth-order valence-corrected chi connectivity index (χ4v) is 5.80. The Labute approximate surface area is 168 Å². The quantitative estimate of drug-likeness (QED) is 0.246. The summed E-state index contributed by atoms with van der Waals surface area (Å²) in [6.07, 6.45) is 17.7. The van der Waals surface area contributed by atoms with Gasteiger partial charge in [-0.3, -0.25) is 0 Å². The van der Waals surface area contributed by atoms with E-state index in [1.807, 2.05) is 0 Å². The first-order valence-corrected chi connectivity index (χ1v) is 10.8. The van der Waals surface area contributed by atoms with Crippen LogP contribution < -0.4 is 0 Å². The Morgan fingerprint density at radius 3 is 2.36 bits per heavy atom. The van der Waals surface area contributed by atoms with Crippen molar-refractivity contribution in [3.63, 3.8) is 0 Å². The second kappa shape index (κ2) is 11.2. The van der Waals surface area contributed by atoms with Crippen LogP contribution in [0.3, 0.4) is 0 Å². The molecule has 2 unspecified atom stereocenters. The van der Waals surface area contributed by atoms with Crippen LogP contribution in [0, 0.1) is 16.7 Å². The minimum atomic E-state index is -0.126. The predicted octanol–water partition coefficient (Wildman–Crippen LogP) is 4.68. The lowest BCUT2D eigenvalue weighted by Crippen LogP contribution is -2.33. The van der Waals surface area contributed by atoms with Crippen molar-refractivity contribution in [1.29, 1.82) is 0 Å². The van der Waals surface area contributed by atoms with E-state index in [2.05, 4.69) is 21.9 Å². The molecular weight excluding hydrogens is 354 g/mol. The van der Waals surface area contributed by atoms with Crippen LogP contribution in [0.1, 0.15) is 84.0 Å². The molecule has 6 heteroatoms. The fourth-order valence-electron chi connectivity index (χ4n) is 5.80. The maximum Gasteiger partial charge on any atom is 0.235 e. The largest absolute Gasteiger partial charge is 0.235 e. The molecular formula is C22H33N3O3. The number of nitrogens with zero attached hydrogens (tertiary/aromatic N) is 3. The van der Waals surface area contributed by atoms with E-state index in [1.165, 1.54) is 32.1 Å². The van der Waals surface area contributed by atoms with Gasteiger partial charge in [0.05, 0.1) is 19.1 Å². The van der Waals surface area contributed by atoms with Crippen molar-refractivity contribution in [2.75, 3.05) is 13.1 Å².